The number of hydrogen-bond donors (Lipinski definition) is 2. The zero-order chi connectivity index (χ0) is 63.7. The molecular formula is C62H48Cl2N10O10S6. The Morgan fingerprint density at radius 2 is 1.19 bits per heavy atom. The van der Waals surface area contributed by atoms with Crippen molar-refractivity contribution in [1.29, 1.82) is 0 Å². The molecule has 2 N–H and O–H groups in total. The minimum atomic E-state index is -1.67. The summed E-state index contributed by atoms with van der Waals surface area (Å²) in [5.41, 5.74) is 2.67. The third kappa shape index (κ3) is 18.1. The van der Waals surface area contributed by atoms with Gasteiger partial charge in [0.2, 0.25) is 0 Å². The van der Waals surface area contributed by atoms with Crippen LogP contribution in [0.5, 0.6) is 0 Å². The van der Waals surface area contributed by atoms with Gasteiger partial charge in [-0.15, -0.1) is 23.5 Å². The summed E-state index contributed by atoms with van der Waals surface area (Å²) in [7, 11) is 1.21. The highest BCUT2D eigenvalue weighted by Gasteiger charge is 2.50. The Bertz CT molecular complexity index is 4020. The van der Waals surface area contributed by atoms with Crippen LogP contribution in [-0.2, 0) is 39.9 Å². The van der Waals surface area contributed by atoms with E-state index in [1.165, 1.54) is 110 Å². The molecule has 12 rings (SSSR count). The number of aliphatic hydroxyl groups excluding tert-OH is 1. The number of aldehydes is 1. The number of thiophene rings is 4. The molecule has 456 valence electrons. The number of nitrogens with zero attached hydrogens (tertiary/aromatic N) is 10. The molecule has 11 aromatic rings. The van der Waals surface area contributed by atoms with Crippen LogP contribution in [-0.4, -0.2) is 113 Å². The first-order chi connectivity index (χ1) is 43.7. The lowest BCUT2D eigenvalue weighted by Gasteiger charge is -2.38. The molecule has 0 aliphatic carbocycles. The topological polar surface area (TPSA) is 290 Å². The summed E-state index contributed by atoms with van der Waals surface area (Å²) in [4.78, 5) is 113. The lowest BCUT2D eigenvalue weighted by atomic mass is 9.82. The largest absolute Gasteiger partial charge is 0.468 e. The highest BCUT2D eigenvalue weighted by atomic mass is 35.5. The highest BCUT2D eigenvalue weighted by molar-refractivity contribution is 8.01. The van der Waals surface area contributed by atoms with Gasteiger partial charge in [0.15, 0.2) is 39.7 Å². The van der Waals surface area contributed by atoms with Crippen LogP contribution in [0.4, 0.5) is 0 Å². The fourth-order valence-corrected chi connectivity index (χ4v) is 13.4. The Kier molecular flexibility index (Phi) is 25.4. The molecule has 9 aromatic heterocycles. The molecule has 2 aromatic carbocycles. The number of esters is 2. The summed E-state index contributed by atoms with van der Waals surface area (Å²) in [5.74, 6) is -2.05. The minimum Gasteiger partial charge on any atom is -0.468 e. The minimum absolute atomic E-state index is 0.0188. The van der Waals surface area contributed by atoms with Gasteiger partial charge in [-0.1, -0.05) is 47.5 Å². The Morgan fingerprint density at radius 1 is 0.644 bits per heavy atom. The van der Waals surface area contributed by atoms with Gasteiger partial charge in [-0.2, -0.15) is 45.3 Å². The van der Waals surface area contributed by atoms with E-state index in [9.17, 15) is 39.0 Å². The third-order valence-electron chi connectivity index (χ3n) is 12.6. The van der Waals surface area contributed by atoms with Crippen LogP contribution < -0.4 is 0 Å². The van der Waals surface area contributed by atoms with Crippen molar-refractivity contribution in [3.8, 4) is 0 Å². The van der Waals surface area contributed by atoms with E-state index in [0.29, 0.717) is 59.5 Å². The van der Waals surface area contributed by atoms with Crippen LogP contribution in [0.2, 0.25) is 10.0 Å². The van der Waals surface area contributed by atoms with Crippen LogP contribution in [0.25, 0.3) is 0 Å². The quantitative estimate of drug-likeness (QED) is 0.0281. The van der Waals surface area contributed by atoms with Crippen LogP contribution in [0.1, 0.15) is 78.6 Å². The van der Waals surface area contributed by atoms with Gasteiger partial charge in [-0.05, 0) is 97.3 Å². The number of halogens is 2. The fourth-order valence-electron chi connectivity index (χ4n) is 8.17. The van der Waals surface area contributed by atoms with E-state index in [4.69, 9.17) is 32.7 Å². The van der Waals surface area contributed by atoms with Crippen LogP contribution >= 0.6 is 92.1 Å². The van der Waals surface area contributed by atoms with Gasteiger partial charge in [0.1, 0.15) is 43.3 Å². The summed E-state index contributed by atoms with van der Waals surface area (Å²) >= 11 is 20.4. The number of rotatable bonds is 17. The number of ether oxygens (including phenoxy) is 2. The van der Waals surface area contributed by atoms with Crippen LogP contribution in [0.3, 0.4) is 0 Å². The number of aromatic nitrogens is 10. The number of thioether (sulfide) groups is 2. The fraction of sp³-hybridized carbons (Fsp3) is 0.129. The lowest BCUT2D eigenvalue weighted by Crippen LogP contribution is -2.47. The zero-order valence-corrected chi connectivity index (χ0v) is 53.2. The smallest absolute Gasteiger partial charge is 0.328 e. The Morgan fingerprint density at radius 3 is 1.72 bits per heavy atom. The average Bonchev–Trinajstić information content (AvgIpc) is 1.32. The van der Waals surface area contributed by atoms with Crippen molar-refractivity contribution in [3.05, 3.63) is 270 Å². The van der Waals surface area contributed by atoms with Crippen LogP contribution in [0, 0.1) is 0 Å². The molecule has 0 spiro atoms. The van der Waals surface area contributed by atoms with Crippen molar-refractivity contribution in [2.24, 2.45) is 0 Å². The lowest BCUT2D eigenvalue weighted by molar-refractivity contribution is -0.166. The second-order valence-corrected chi connectivity index (χ2v) is 24.7. The molecule has 5 unspecified atom stereocenters. The maximum Gasteiger partial charge on any atom is 0.328 e. The molecule has 1 fully saturated rings. The number of Topliss-reactive ketones (excluding diaryl/α,β-unsaturated/α-hetero) is 2. The van der Waals surface area contributed by atoms with E-state index in [0.717, 1.165) is 40.2 Å². The van der Waals surface area contributed by atoms with Crippen molar-refractivity contribution >= 4 is 128 Å². The van der Waals surface area contributed by atoms with Gasteiger partial charge in [-0.25, -0.2) is 49.8 Å². The number of cyclic esters (lactones) is 1. The Balaban J connectivity index is 0.000000156. The van der Waals surface area contributed by atoms with E-state index < -0.39 is 45.5 Å². The number of carbonyl (C=O) groups is 6. The van der Waals surface area contributed by atoms with Crippen molar-refractivity contribution in [2.45, 2.75) is 50.4 Å². The van der Waals surface area contributed by atoms with Gasteiger partial charge in [0.05, 0.1) is 34.7 Å². The number of carbonyl (C=O) groups excluding carboxylic acids is 6. The SMILES string of the molecule is COC(=O)C(Sc1ccccc1Cl)C(=O)CC(O)(c1cncnc1)c1ccsc1.O=C(c1cncnc1)c1ccsc1.O=C1CC(c2cncnc2)(c2ccsc2)OC(=O)C1Sc1ccccc1Cl.O=Cc1cncnc1.OC(c1cncnc1)c1ccsc1. The number of hydrogen-bond acceptors (Lipinski definition) is 26. The standard InChI is InChI=1S/C20H17ClN2O4S2.C19H13ClN2O3S2.C9H8N2OS.C9H6N2OS.C5H4N2O/c1-27-19(25)18(29-17-5-3-2-4-15(17)21)16(24)8-20(26,13-6-7-28-11-13)14-9-22-12-23-10-14;20-14-3-1-2-4-16(14)27-17-15(23)7-19(25-18(17)24,12-5-6-26-10-12)13-8-21-11-22-9-13;2*12-9(7-1-2-13-5-7)8-3-10-6-11-4-8;8-3-5-1-6-4-7-2-5/h2-7,9-12,18,26H,8H2,1H3;1-6,8-11,17H,7H2;1-6,9,12H;1-6H;1-4H. The molecule has 1 aliphatic rings. The van der Waals surface area contributed by atoms with E-state index in [-0.39, 0.29) is 24.4 Å². The number of ketones is 3. The molecule has 28 heteroatoms. The molecule has 1 saturated heterocycles. The molecule has 0 saturated carbocycles. The maximum absolute atomic E-state index is 13.2. The Hall–Kier alpha value is -8.54. The molecule has 20 nitrogen and oxygen atoms in total. The summed E-state index contributed by atoms with van der Waals surface area (Å²) in [6.45, 7) is 0. The van der Waals surface area contributed by atoms with Crippen molar-refractivity contribution in [1.82, 2.24) is 49.8 Å². The first kappa shape index (κ1) is 67.4. The van der Waals surface area contributed by atoms with Gasteiger partial charge in [0.25, 0.3) is 0 Å². The van der Waals surface area contributed by atoms with Gasteiger partial charge in [0, 0.05) is 111 Å². The summed E-state index contributed by atoms with van der Waals surface area (Å²) in [5, 5.41) is 34.9. The number of methoxy groups -OCH3 is 1. The predicted molar refractivity (Wildman–Crippen MR) is 344 cm³/mol. The monoisotopic (exact) mass is 1350 g/mol. The van der Waals surface area contributed by atoms with Gasteiger partial charge < -0.3 is 19.7 Å². The zero-order valence-electron chi connectivity index (χ0n) is 46.8. The van der Waals surface area contributed by atoms with Gasteiger partial charge in [-0.3, -0.25) is 28.8 Å². The Labute approximate surface area is 549 Å². The summed E-state index contributed by atoms with van der Waals surface area (Å²) in [6, 6.07) is 21.3. The normalized spacial score (nSPS) is 15.3. The first-order valence-electron chi connectivity index (χ1n) is 26.2. The van der Waals surface area contributed by atoms with E-state index in [1.54, 1.807) is 101 Å². The molecule has 0 radical (unpaired) electrons. The molecule has 5 atom stereocenters. The van der Waals surface area contributed by atoms with Crippen LogP contribution in [0.15, 0.2) is 219 Å². The molecule has 0 amide bonds. The summed E-state index contributed by atoms with van der Waals surface area (Å²) in [6.07, 6.45) is 22.0. The van der Waals surface area contributed by atoms with E-state index >= 15 is 0 Å². The number of aliphatic hydroxyl groups is 2. The first-order valence-corrected chi connectivity index (χ1v) is 32.5. The second kappa shape index (κ2) is 33.9. The second-order valence-electron chi connectivity index (χ2n) is 18.4. The van der Waals surface area contributed by atoms with Crippen molar-refractivity contribution in [3.63, 3.8) is 0 Å². The molecule has 1 aliphatic heterocycles. The molecule has 0 bridgehead atoms. The predicted octanol–water partition coefficient (Wildman–Crippen LogP) is 11.5. The molecule has 10 heterocycles. The van der Waals surface area contributed by atoms with Crippen molar-refractivity contribution < 1.29 is 48.5 Å². The third-order valence-corrected chi connectivity index (χ3v) is 18.9. The van der Waals surface area contributed by atoms with Crippen molar-refractivity contribution in [2.75, 3.05) is 7.11 Å². The molecular weight excluding hydrogens is 1310 g/mol. The maximum atomic E-state index is 13.2. The van der Waals surface area contributed by atoms with E-state index in [1.807, 2.05) is 50.5 Å². The molecule has 90 heavy (non-hydrogen) atoms. The summed E-state index contributed by atoms with van der Waals surface area (Å²) < 4.78 is 10.7. The van der Waals surface area contributed by atoms with Gasteiger partial charge >= 0.3 is 11.9 Å². The number of benzene rings is 2. The highest BCUT2D eigenvalue weighted by Crippen LogP contribution is 2.45. The average molecular weight is 1360 g/mol. The van der Waals surface area contributed by atoms with E-state index in [2.05, 4.69) is 49.8 Å².